The standard InChI is InChI=1S/C25H30N2O5/c1-17(2)32-23-7-6-19(13-18(23)3)24(30)27-11-8-25(31,9-12-27)15-21(28)14-22(29)20-5-4-10-26-16-20/h4-7,10,13,16-17,31H,8-9,11-12,14-15H2,1-3H3. The number of benzene rings is 1. The largest absolute Gasteiger partial charge is 0.491 e. The smallest absolute Gasteiger partial charge is 0.253 e. The lowest BCUT2D eigenvalue weighted by Gasteiger charge is -2.38. The molecule has 0 aliphatic carbocycles. The molecule has 1 N–H and O–H groups in total. The number of aromatic nitrogens is 1. The second kappa shape index (κ2) is 10.0. The molecule has 32 heavy (non-hydrogen) atoms. The van der Waals surface area contributed by atoms with Crippen molar-refractivity contribution in [3.8, 4) is 5.75 Å². The molecule has 1 amide bonds. The number of piperidine rings is 1. The highest BCUT2D eigenvalue weighted by Gasteiger charge is 2.36. The number of aryl methyl sites for hydroxylation is 1. The fourth-order valence-electron chi connectivity index (χ4n) is 3.89. The molecule has 2 heterocycles. The molecule has 2 aromatic rings. The van der Waals surface area contributed by atoms with Gasteiger partial charge in [0.25, 0.3) is 5.91 Å². The average molecular weight is 439 g/mol. The van der Waals surface area contributed by atoms with Crippen LogP contribution in [-0.2, 0) is 4.79 Å². The summed E-state index contributed by atoms with van der Waals surface area (Å²) in [7, 11) is 0. The first kappa shape index (κ1) is 23.6. The summed E-state index contributed by atoms with van der Waals surface area (Å²) < 4.78 is 5.73. The Morgan fingerprint density at radius 3 is 2.47 bits per heavy atom. The molecule has 3 rings (SSSR count). The van der Waals surface area contributed by atoms with E-state index in [0.717, 1.165) is 11.3 Å². The monoisotopic (exact) mass is 438 g/mol. The summed E-state index contributed by atoms with van der Waals surface area (Å²) in [6, 6.07) is 8.63. The van der Waals surface area contributed by atoms with Crippen molar-refractivity contribution in [2.24, 2.45) is 0 Å². The van der Waals surface area contributed by atoms with Crippen molar-refractivity contribution in [2.75, 3.05) is 13.1 Å². The van der Waals surface area contributed by atoms with E-state index in [9.17, 15) is 19.5 Å². The van der Waals surface area contributed by atoms with Crippen molar-refractivity contribution >= 4 is 17.5 Å². The van der Waals surface area contributed by atoms with E-state index in [4.69, 9.17) is 4.74 Å². The van der Waals surface area contributed by atoms with Crippen molar-refractivity contribution < 1.29 is 24.2 Å². The number of aliphatic hydroxyl groups is 1. The van der Waals surface area contributed by atoms with Crippen LogP contribution in [-0.4, -0.2) is 57.3 Å². The number of ketones is 2. The van der Waals surface area contributed by atoms with E-state index in [-0.39, 0.29) is 36.4 Å². The van der Waals surface area contributed by atoms with Gasteiger partial charge in [-0.25, -0.2) is 0 Å². The summed E-state index contributed by atoms with van der Waals surface area (Å²) in [6.45, 7) is 6.51. The van der Waals surface area contributed by atoms with Gasteiger partial charge in [-0.1, -0.05) is 0 Å². The van der Waals surface area contributed by atoms with Crippen LogP contribution in [0.3, 0.4) is 0 Å². The fraction of sp³-hybridized carbons (Fsp3) is 0.440. The Balaban J connectivity index is 1.54. The first-order chi connectivity index (χ1) is 15.2. The summed E-state index contributed by atoms with van der Waals surface area (Å²) in [5.74, 6) is 0.0327. The van der Waals surface area contributed by atoms with E-state index in [2.05, 4.69) is 4.98 Å². The van der Waals surface area contributed by atoms with Crippen molar-refractivity contribution in [2.45, 2.75) is 58.2 Å². The Bertz CT molecular complexity index is 979. The van der Waals surface area contributed by atoms with Crippen molar-refractivity contribution in [1.29, 1.82) is 0 Å². The maximum atomic E-state index is 12.9. The maximum Gasteiger partial charge on any atom is 0.253 e. The molecule has 1 aliphatic rings. The molecule has 7 nitrogen and oxygen atoms in total. The van der Waals surface area contributed by atoms with Gasteiger partial charge in [0.1, 0.15) is 11.5 Å². The molecule has 0 unspecified atom stereocenters. The van der Waals surface area contributed by atoms with Gasteiger partial charge in [0.15, 0.2) is 5.78 Å². The Morgan fingerprint density at radius 2 is 1.88 bits per heavy atom. The lowest BCUT2D eigenvalue weighted by molar-refractivity contribution is -0.124. The Labute approximate surface area is 188 Å². The highest BCUT2D eigenvalue weighted by atomic mass is 16.5. The third-order valence-corrected chi connectivity index (χ3v) is 5.63. The molecule has 0 atom stereocenters. The minimum absolute atomic E-state index is 0.0531. The lowest BCUT2D eigenvalue weighted by atomic mass is 9.85. The third kappa shape index (κ3) is 6.01. The minimum Gasteiger partial charge on any atom is -0.491 e. The van der Waals surface area contributed by atoms with Gasteiger partial charge in [0.05, 0.1) is 18.1 Å². The number of nitrogens with zero attached hydrogens (tertiary/aromatic N) is 2. The predicted molar refractivity (Wildman–Crippen MR) is 120 cm³/mol. The number of carbonyl (C=O) groups is 3. The van der Waals surface area contributed by atoms with Crippen LogP contribution in [0.5, 0.6) is 5.75 Å². The summed E-state index contributed by atoms with van der Waals surface area (Å²) >= 11 is 0. The molecule has 1 aromatic heterocycles. The van der Waals surface area contributed by atoms with Crippen LogP contribution < -0.4 is 4.74 Å². The Kier molecular flexibility index (Phi) is 7.40. The summed E-state index contributed by atoms with van der Waals surface area (Å²) in [5, 5.41) is 10.9. The number of ether oxygens (including phenoxy) is 1. The van der Waals surface area contributed by atoms with Gasteiger partial charge in [0.2, 0.25) is 0 Å². The SMILES string of the molecule is Cc1cc(C(=O)N2CCC(O)(CC(=O)CC(=O)c3cccnc3)CC2)ccc1OC(C)C. The van der Waals surface area contributed by atoms with E-state index in [1.165, 1.54) is 6.20 Å². The number of hydrogen-bond acceptors (Lipinski definition) is 6. The Morgan fingerprint density at radius 1 is 1.16 bits per heavy atom. The molecule has 1 aromatic carbocycles. The zero-order valence-electron chi connectivity index (χ0n) is 18.8. The average Bonchev–Trinajstić information content (AvgIpc) is 2.75. The Hall–Kier alpha value is -3.06. The first-order valence-electron chi connectivity index (χ1n) is 10.9. The van der Waals surface area contributed by atoms with Crippen molar-refractivity contribution in [3.63, 3.8) is 0 Å². The van der Waals surface area contributed by atoms with Crippen molar-refractivity contribution in [1.82, 2.24) is 9.88 Å². The summed E-state index contributed by atoms with van der Waals surface area (Å²) in [4.78, 5) is 43.1. The second-order valence-electron chi connectivity index (χ2n) is 8.72. The highest BCUT2D eigenvalue weighted by Crippen LogP contribution is 2.28. The van der Waals surface area contributed by atoms with E-state index >= 15 is 0 Å². The zero-order valence-corrected chi connectivity index (χ0v) is 18.8. The topological polar surface area (TPSA) is 96.8 Å². The number of carbonyl (C=O) groups excluding carboxylic acids is 3. The minimum atomic E-state index is -1.20. The fourth-order valence-corrected chi connectivity index (χ4v) is 3.89. The number of amides is 1. The van der Waals surface area contributed by atoms with Gasteiger partial charge in [-0.05, 0) is 69.5 Å². The van der Waals surface area contributed by atoms with Crippen LogP contribution in [0.25, 0.3) is 0 Å². The molecule has 1 aliphatic heterocycles. The molecule has 0 spiro atoms. The number of hydrogen-bond donors (Lipinski definition) is 1. The molecule has 0 radical (unpaired) electrons. The van der Waals surface area contributed by atoms with Crippen LogP contribution in [0.4, 0.5) is 0 Å². The van der Waals surface area contributed by atoms with Gasteiger partial charge < -0.3 is 14.7 Å². The predicted octanol–water partition coefficient (Wildman–Crippen LogP) is 3.38. The molecule has 170 valence electrons. The van der Waals surface area contributed by atoms with Crippen LogP contribution >= 0.6 is 0 Å². The van der Waals surface area contributed by atoms with E-state index in [1.54, 1.807) is 35.4 Å². The molecule has 0 bridgehead atoms. The quantitative estimate of drug-likeness (QED) is 0.501. The van der Waals surface area contributed by atoms with Crippen LogP contribution in [0, 0.1) is 6.92 Å². The second-order valence-corrected chi connectivity index (χ2v) is 8.72. The number of pyridine rings is 1. The van der Waals surface area contributed by atoms with Crippen LogP contribution in [0.1, 0.15) is 65.8 Å². The normalized spacial score (nSPS) is 15.5. The highest BCUT2D eigenvalue weighted by molar-refractivity contribution is 6.08. The molecule has 0 saturated carbocycles. The summed E-state index contributed by atoms with van der Waals surface area (Å²) in [6.07, 6.45) is 3.26. The number of rotatable bonds is 8. The van der Waals surface area contributed by atoms with E-state index in [0.29, 0.717) is 37.1 Å². The third-order valence-electron chi connectivity index (χ3n) is 5.63. The molecule has 7 heteroatoms. The maximum absolute atomic E-state index is 12.9. The van der Waals surface area contributed by atoms with Crippen LogP contribution in [0.2, 0.25) is 0 Å². The molecular formula is C25H30N2O5. The zero-order chi connectivity index (χ0) is 23.3. The van der Waals surface area contributed by atoms with Gasteiger partial charge in [-0.2, -0.15) is 0 Å². The molecular weight excluding hydrogens is 408 g/mol. The van der Waals surface area contributed by atoms with Gasteiger partial charge >= 0.3 is 0 Å². The van der Waals surface area contributed by atoms with Gasteiger partial charge in [0, 0.05) is 43.0 Å². The summed E-state index contributed by atoms with van der Waals surface area (Å²) in [5.41, 5.74) is 0.644. The van der Waals surface area contributed by atoms with E-state index in [1.807, 2.05) is 26.8 Å². The molecule has 1 fully saturated rings. The first-order valence-corrected chi connectivity index (χ1v) is 10.9. The number of likely N-dealkylation sites (tertiary alicyclic amines) is 1. The van der Waals surface area contributed by atoms with Gasteiger partial charge in [-0.3, -0.25) is 19.4 Å². The van der Waals surface area contributed by atoms with Gasteiger partial charge in [-0.15, -0.1) is 0 Å². The van der Waals surface area contributed by atoms with E-state index < -0.39 is 5.60 Å². The van der Waals surface area contributed by atoms with Crippen molar-refractivity contribution in [3.05, 3.63) is 59.4 Å². The number of Topliss-reactive ketones (excluding diaryl/α,β-unsaturated/α-hetero) is 2. The van der Waals surface area contributed by atoms with Crippen LogP contribution in [0.15, 0.2) is 42.7 Å². The molecule has 1 saturated heterocycles. The lowest BCUT2D eigenvalue weighted by Crippen LogP contribution is -2.47.